The molecule has 0 amide bonds. The van der Waals surface area contributed by atoms with Crippen molar-refractivity contribution in [3.63, 3.8) is 0 Å². The summed E-state index contributed by atoms with van der Waals surface area (Å²) in [4.78, 5) is 9.06. The van der Waals surface area contributed by atoms with Crippen LogP contribution in [0.1, 0.15) is 31.3 Å². The number of benzene rings is 1. The fraction of sp³-hybridized carbons (Fsp3) is 0.333. The van der Waals surface area contributed by atoms with E-state index in [9.17, 15) is 0 Å². The average molecular weight is 272 g/mol. The van der Waals surface area contributed by atoms with Gasteiger partial charge in [0, 0.05) is 17.7 Å². The zero-order valence-electron chi connectivity index (χ0n) is 12.1. The first-order chi connectivity index (χ1) is 9.67. The summed E-state index contributed by atoms with van der Waals surface area (Å²) < 4.78 is 5.56. The lowest BCUT2D eigenvalue weighted by Gasteiger charge is -2.16. The lowest BCUT2D eigenvalue weighted by molar-refractivity contribution is 0.0702. The van der Waals surface area contributed by atoms with E-state index in [4.69, 9.17) is 10.6 Å². The largest absolute Gasteiger partial charge is 0.371 e. The van der Waals surface area contributed by atoms with Crippen molar-refractivity contribution in [2.24, 2.45) is 5.84 Å². The van der Waals surface area contributed by atoms with Crippen LogP contribution >= 0.6 is 0 Å². The molecule has 5 nitrogen and oxygen atoms in total. The first kappa shape index (κ1) is 14.4. The molecule has 1 unspecified atom stereocenters. The maximum absolute atomic E-state index is 5.56. The molecular weight excluding hydrogens is 252 g/mol. The van der Waals surface area contributed by atoms with Crippen LogP contribution in [0.2, 0.25) is 0 Å². The molecular formula is C15H20N4O. The Hall–Kier alpha value is -1.98. The minimum absolute atomic E-state index is 0.171. The van der Waals surface area contributed by atoms with Crippen molar-refractivity contribution >= 4 is 5.82 Å². The molecule has 0 spiro atoms. The number of nitrogen functional groups attached to an aromatic ring is 1. The van der Waals surface area contributed by atoms with Crippen molar-refractivity contribution in [3.8, 4) is 11.3 Å². The van der Waals surface area contributed by atoms with Gasteiger partial charge in [0.2, 0.25) is 0 Å². The first-order valence-corrected chi connectivity index (χ1v) is 6.69. The average Bonchev–Trinajstić information content (AvgIpc) is 2.48. The van der Waals surface area contributed by atoms with Crippen molar-refractivity contribution < 1.29 is 4.74 Å². The quantitative estimate of drug-likeness (QED) is 0.646. The maximum Gasteiger partial charge on any atom is 0.159 e. The SMILES string of the molecule is CCOC(C)c1nc(NN)c(C)c(-c2ccccc2)n1. The Morgan fingerprint density at radius 1 is 1.25 bits per heavy atom. The number of hydrogen-bond donors (Lipinski definition) is 2. The summed E-state index contributed by atoms with van der Waals surface area (Å²) in [5.41, 5.74) is 5.46. The number of rotatable bonds is 5. The third-order valence-electron chi connectivity index (χ3n) is 3.13. The number of hydrazine groups is 1. The van der Waals surface area contributed by atoms with Crippen LogP contribution in [0.4, 0.5) is 5.82 Å². The van der Waals surface area contributed by atoms with Gasteiger partial charge >= 0.3 is 0 Å². The zero-order valence-corrected chi connectivity index (χ0v) is 12.1. The lowest BCUT2D eigenvalue weighted by atomic mass is 10.1. The Balaban J connectivity index is 2.53. The van der Waals surface area contributed by atoms with Gasteiger partial charge in [0.25, 0.3) is 0 Å². The Labute approximate surface area is 119 Å². The van der Waals surface area contributed by atoms with Gasteiger partial charge in [-0.2, -0.15) is 0 Å². The van der Waals surface area contributed by atoms with Gasteiger partial charge in [-0.15, -0.1) is 0 Å². The van der Waals surface area contributed by atoms with Gasteiger partial charge in [-0.1, -0.05) is 30.3 Å². The van der Waals surface area contributed by atoms with Gasteiger partial charge in [-0.3, -0.25) is 0 Å². The molecule has 3 N–H and O–H groups in total. The van der Waals surface area contributed by atoms with E-state index in [0.717, 1.165) is 16.8 Å². The van der Waals surface area contributed by atoms with Crippen molar-refractivity contribution in [3.05, 3.63) is 41.7 Å². The molecule has 0 saturated heterocycles. The number of ether oxygens (including phenoxy) is 1. The molecule has 0 aliphatic heterocycles. The Kier molecular flexibility index (Phi) is 4.65. The predicted molar refractivity (Wildman–Crippen MR) is 80.1 cm³/mol. The second-order valence-electron chi connectivity index (χ2n) is 4.51. The van der Waals surface area contributed by atoms with Crippen LogP contribution in [-0.2, 0) is 4.74 Å². The van der Waals surface area contributed by atoms with Gasteiger partial charge in [0.1, 0.15) is 11.9 Å². The van der Waals surface area contributed by atoms with Gasteiger partial charge in [0.05, 0.1) is 5.69 Å². The third kappa shape index (κ3) is 2.95. The lowest BCUT2D eigenvalue weighted by Crippen LogP contribution is -2.15. The van der Waals surface area contributed by atoms with Crippen molar-refractivity contribution in [2.75, 3.05) is 12.0 Å². The van der Waals surface area contributed by atoms with Gasteiger partial charge in [-0.05, 0) is 20.8 Å². The predicted octanol–water partition coefficient (Wildman–Crippen LogP) is 2.84. The van der Waals surface area contributed by atoms with E-state index in [2.05, 4.69) is 15.4 Å². The molecule has 0 fully saturated rings. The van der Waals surface area contributed by atoms with E-state index in [1.165, 1.54) is 0 Å². The molecule has 0 bridgehead atoms. The Morgan fingerprint density at radius 2 is 1.95 bits per heavy atom. The van der Waals surface area contributed by atoms with Crippen LogP contribution in [0.3, 0.4) is 0 Å². The molecule has 20 heavy (non-hydrogen) atoms. The Bertz CT molecular complexity index is 572. The molecule has 0 aliphatic rings. The van der Waals surface area contributed by atoms with E-state index >= 15 is 0 Å². The second kappa shape index (κ2) is 6.45. The van der Waals surface area contributed by atoms with Crippen LogP contribution < -0.4 is 11.3 Å². The summed E-state index contributed by atoms with van der Waals surface area (Å²) in [5, 5.41) is 0. The monoisotopic (exact) mass is 272 g/mol. The highest BCUT2D eigenvalue weighted by Gasteiger charge is 2.16. The highest BCUT2D eigenvalue weighted by Crippen LogP contribution is 2.27. The van der Waals surface area contributed by atoms with Crippen molar-refractivity contribution in [1.82, 2.24) is 9.97 Å². The topological polar surface area (TPSA) is 73.1 Å². The Morgan fingerprint density at radius 3 is 2.55 bits per heavy atom. The highest BCUT2D eigenvalue weighted by atomic mass is 16.5. The van der Waals surface area contributed by atoms with E-state index in [1.807, 2.05) is 51.1 Å². The summed E-state index contributed by atoms with van der Waals surface area (Å²) >= 11 is 0. The molecule has 2 aromatic rings. The summed E-state index contributed by atoms with van der Waals surface area (Å²) in [6, 6.07) is 9.98. The van der Waals surface area contributed by atoms with E-state index in [-0.39, 0.29) is 6.10 Å². The second-order valence-corrected chi connectivity index (χ2v) is 4.51. The molecule has 2 rings (SSSR count). The van der Waals surface area contributed by atoms with Gasteiger partial charge in [0.15, 0.2) is 5.82 Å². The van der Waals surface area contributed by atoms with E-state index < -0.39 is 0 Å². The van der Waals surface area contributed by atoms with Crippen LogP contribution in [0.15, 0.2) is 30.3 Å². The number of nitrogens with one attached hydrogen (secondary N) is 1. The smallest absolute Gasteiger partial charge is 0.159 e. The van der Waals surface area contributed by atoms with Crippen molar-refractivity contribution in [2.45, 2.75) is 26.9 Å². The van der Waals surface area contributed by atoms with Crippen LogP contribution in [0.25, 0.3) is 11.3 Å². The number of hydrogen-bond acceptors (Lipinski definition) is 5. The fourth-order valence-electron chi connectivity index (χ4n) is 2.06. The molecule has 0 saturated carbocycles. The van der Waals surface area contributed by atoms with E-state index in [1.54, 1.807) is 0 Å². The van der Waals surface area contributed by atoms with Crippen LogP contribution in [0.5, 0.6) is 0 Å². The number of nitrogens with zero attached hydrogens (tertiary/aromatic N) is 2. The van der Waals surface area contributed by atoms with Crippen molar-refractivity contribution in [1.29, 1.82) is 0 Å². The molecule has 0 aliphatic carbocycles. The molecule has 1 atom stereocenters. The molecule has 0 radical (unpaired) electrons. The van der Waals surface area contributed by atoms with Crippen LogP contribution in [0, 0.1) is 6.92 Å². The fourth-order valence-corrected chi connectivity index (χ4v) is 2.06. The number of aromatic nitrogens is 2. The van der Waals surface area contributed by atoms with E-state index in [0.29, 0.717) is 18.2 Å². The first-order valence-electron chi connectivity index (χ1n) is 6.69. The standard InChI is InChI=1S/C15H20N4O/c1-4-20-11(3)15-17-13(10(2)14(18-15)19-16)12-8-6-5-7-9-12/h5-9,11H,4,16H2,1-3H3,(H,17,18,19). The molecule has 5 heteroatoms. The van der Waals surface area contributed by atoms with Gasteiger partial charge < -0.3 is 10.2 Å². The normalized spacial score (nSPS) is 12.2. The summed E-state index contributed by atoms with van der Waals surface area (Å²) in [7, 11) is 0. The molecule has 106 valence electrons. The number of anilines is 1. The summed E-state index contributed by atoms with van der Waals surface area (Å²) in [6.07, 6.45) is -0.171. The van der Waals surface area contributed by atoms with Gasteiger partial charge in [-0.25, -0.2) is 15.8 Å². The highest BCUT2D eigenvalue weighted by molar-refractivity contribution is 5.67. The van der Waals surface area contributed by atoms with Crippen LogP contribution in [-0.4, -0.2) is 16.6 Å². The summed E-state index contributed by atoms with van der Waals surface area (Å²) in [5.74, 6) is 6.81. The number of nitrogens with two attached hydrogens (primary N) is 1. The molecule has 1 aromatic carbocycles. The molecule has 1 heterocycles. The summed E-state index contributed by atoms with van der Waals surface area (Å²) in [6.45, 7) is 6.45. The maximum atomic E-state index is 5.56. The minimum Gasteiger partial charge on any atom is -0.371 e. The molecule has 1 aromatic heterocycles. The minimum atomic E-state index is -0.171. The zero-order chi connectivity index (χ0) is 14.5. The third-order valence-corrected chi connectivity index (χ3v) is 3.13.